The zero-order valence-electron chi connectivity index (χ0n) is 12.5. The quantitative estimate of drug-likeness (QED) is 0.546. The molecule has 5 nitrogen and oxygen atoms in total. The molecule has 0 saturated carbocycles. The Kier molecular flexibility index (Phi) is 3.53. The van der Waals surface area contributed by atoms with Crippen LogP contribution in [0.25, 0.3) is 16.7 Å². The highest BCUT2D eigenvalue weighted by Gasteiger charge is 2.38. The maximum atomic E-state index is 13.4. The highest BCUT2D eigenvalue weighted by molar-refractivity contribution is 7.99. The fourth-order valence-corrected chi connectivity index (χ4v) is 3.36. The van der Waals surface area contributed by atoms with Gasteiger partial charge in [0.25, 0.3) is 0 Å². The molecule has 2 aromatic heterocycles. The van der Waals surface area contributed by atoms with Crippen LogP contribution in [0.1, 0.15) is 5.82 Å². The molecule has 0 fully saturated rings. The summed E-state index contributed by atoms with van der Waals surface area (Å²) in [5.41, 5.74) is 6.70. The molecule has 0 bridgehead atoms. The van der Waals surface area contributed by atoms with Gasteiger partial charge in [-0.15, -0.1) is 10.2 Å². The minimum absolute atomic E-state index is 0.0410. The number of anilines is 1. The van der Waals surface area contributed by atoms with Crippen LogP contribution >= 0.6 is 11.8 Å². The zero-order chi connectivity index (χ0) is 17.6. The summed E-state index contributed by atoms with van der Waals surface area (Å²) in [6.45, 7) is 0. The van der Waals surface area contributed by atoms with E-state index in [1.165, 1.54) is 17.8 Å². The number of benzene rings is 2. The van der Waals surface area contributed by atoms with Crippen molar-refractivity contribution in [2.45, 2.75) is 16.1 Å². The normalized spacial score (nSPS) is 12.1. The van der Waals surface area contributed by atoms with Crippen molar-refractivity contribution in [3.8, 4) is 0 Å². The summed E-state index contributed by atoms with van der Waals surface area (Å²) in [6.07, 6.45) is -4.65. The van der Waals surface area contributed by atoms with Gasteiger partial charge in [0, 0.05) is 10.6 Å². The van der Waals surface area contributed by atoms with E-state index < -0.39 is 12.0 Å². The maximum Gasteiger partial charge on any atom is 0.452 e. The predicted molar refractivity (Wildman–Crippen MR) is 88.3 cm³/mol. The minimum atomic E-state index is -4.65. The lowest BCUT2D eigenvalue weighted by molar-refractivity contribution is -0.145. The van der Waals surface area contributed by atoms with Crippen LogP contribution in [-0.2, 0) is 6.18 Å². The van der Waals surface area contributed by atoms with Gasteiger partial charge in [-0.2, -0.15) is 13.2 Å². The van der Waals surface area contributed by atoms with Crippen LogP contribution in [0.2, 0.25) is 0 Å². The molecule has 0 aliphatic rings. The Morgan fingerprint density at radius 2 is 1.76 bits per heavy atom. The molecule has 126 valence electrons. The number of nitrogens with zero attached hydrogens (tertiary/aromatic N) is 4. The van der Waals surface area contributed by atoms with Crippen molar-refractivity contribution < 1.29 is 13.2 Å². The molecule has 2 N–H and O–H groups in total. The van der Waals surface area contributed by atoms with Crippen LogP contribution in [0, 0.1) is 0 Å². The molecule has 0 radical (unpaired) electrons. The number of fused-ring (bicyclic) bond motifs is 3. The third kappa shape index (κ3) is 2.76. The van der Waals surface area contributed by atoms with E-state index >= 15 is 0 Å². The largest absolute Gasteiger partial charge is 0.452 e. The average molecular weight is 361 g/mol. The van der Waals surface area contributed by atoms with E-state index in [1.807, 2.05) is 30.3 Å². The lowest BCUT2D eigenvalue weighted by Crippen LogP contribution is -2.12. The monoisotopic (exact) mass is 361 g/mol. The first kappa shape index (κ1) is 15.7. The molecule has 2 heterocycles. The second-order valence-corrected chi connectivity index (χ2v) is 6.32. The van der Waals surface area contributed by atoms with Gasteiger partial charge in [0.1, 0.15) is 5.03 Å². The van der Waals surface area contributed by atoms with Crippen LogP contribution in [0.15, 0.2) is 58.5 Å². The molecule has 9 heteroatoms. The smallest absolute Gasteiger partial charge is 0.399 e. The van der Waals surface area contributed by atoms with Crippen LogP contribution in [0.5, 0.6) is 0 Å². The van der Waals surface area contributed by atoms with Gasteiger partial charge < -0.3 is 5.73 Å². The van der Waals surface area contributed by atoms with Crippen molar-refractivity contribution in [2.75, 3.05) is 5.73 Å². The number of hydrogen-bond acceptors (Lipinski definition) is 5. The first-order valence-electron chi connectivity index (χ1n) is 7.18. The standard InChI is InChI=1S/C16H10F3N5S/c17-16(18,19)15-23-22-13-14(25-10-4-2-1-3-5-10)21-11-7-6-9(20)8-12(11)24(13)15/h1-8H,20H2. The molecular weight excluding hydrogens is 351 g/mol. The number of nitrogen functional groups attached to an aromatic ring is 1. The molecular formula is C16H10F3N5S. The van der Waals surface area contributed by atoms with Crippen LogP contribution < -0.4 is 5.73 Å². The Morgan fingerprint density at radius 1 is 1.00 bits per heavy atom. The molecule has 0 amide bonds. The molecule has 4 aromatic rings. The van der Waals surface area contributed by atoms with E-state index in [1.54, 1.807) is 12.1 Å². The van der Waals surface area contributed by atoms with Crippen LogP contribution in [0.4, 0.5) is 18.9 Å². The summed E-state index contributed by atoms with van der Waals surface area (Å²) in [5.74, 6) is -1.10. The van der Waals surface area contributed by atoms with Gasteiger partial charge >= 0.3 is 6.18 Å². The van der Waals surface area contributed by atoms with Crippen molar-refractivity contribution in [2.24, 2.45) is 0 Å². The van der Waals surface area contributed by atoms with E-state index in [2.05, 4.69) is 15.2 Å². The lowest BCUT2D eigenvalue weighted by atomic mass is 10.2. The second-order valence-electron chi connectivity index (χ2n) is 5.26. The number of hydrogen-bond donors (Lipinski definition) is 1. The number of aromatic nitrogens is 4. The van der Waals surface area contributed by atoms with Crippen molar-refractivity contribution >= 4 is 34.1 Å². The molecule has 0 atom stereocenters. The molecule has 0 spiro atoms. The first-order valence-corrected chi connectivity index (χ1v) is 7.99. The van der Waals surface area contributed by atoms with E-state index in [0.29, 0.717) is 16.2 Å². The van der Waals surface area contributed by atoms with Gasteiger partial charge in [-0.25, -0.2) is 4.98 Å². The van der Waals surface area contributed by atoms with Gasteiger partial charge in [-0.3, -0.25) is 4.40 Å². The van der Waals surface area contributed by atoms with Gasteiger partial charge in [0.15, 0.2) is 5.65 Å². The fourth-order valence-electron chi connectivity index (χ4n) is 2.48. The zero-order valence-corrected chi connectivity index (χ0v) is 13.3. The highest BCUT2D eigenvalue weighted by atomic mass is 32.2. The Hall–Kier alpha value is -2.81. The summed E-state index contributed by atoms with van der Waals surface area (Å²) in [4.78, 5) is 5.29. The Balaban J connectivity index is 2.03. The molecule has 0 unspecified atom stereocenters. The fraction of sp³-hybridized carbons (Fsp3) is 0.0625. The highest BCUT2D eigenvalue weighted by Crippen LogP contribution is 2.35. The molecule has 2 aromatic carbocycles. The summed E-state index contributed by atoms with van der Waals surface area (Å²) < 4.78 is 41.0. The molecule has 0 aliphatic heterocycles. The third-order valence-corrected chi connectivity index (χ3v) is 4.50. The summed E-state index contributed by atoms with van der Waals surface area (Å²) in [6, 6.07) is 13.8. The summed E-state index contributed by atoms with van der Waals surface area (Å²) in [5, 5.41) is 7.41. The predicted octanol–water partition coefficient (Wildman–Crippen LogP) is 4.03. The SMILES string of the molecule is Nc1ccc2nc(Sc3ccccc3)c3nnc(C(F)(F)F)n3c2c1. The Morgan fingerprint density at radius 3 is 2.48 bits per heavy atom. The second kappa shape index (κ2) is 5.62. The average Bonchev–Trinajstić information content (AvgIpc) is 3.02. The number of rotatable bonds is 2. The third-order valence-electron chi connectivity index (χ3n) is 3.53. The Bertz CT molecular complexity index is 1080. The van der Waals surface area contributed by atoms with Crippen molar-refractivity contribution in [3.05, 3.63) is 54.4 Å². The van der Waals surface area contributed by atoms with Crippen LogP contribution in [-0.4, -0.2) is 19.6 Å². The molecule has 0 saturated heterocycles. The lowest BCUT2D eigenvalue weighted by Gasteiger charge is -2.10. The van der Waals surface area contributed by atoms with E-state index in [9.17, 15) is 13.2 Å². The number of halogens is 3. The van der Waals surface area contributed by atoms with E-state index in [0.717, 1.165) is 9.30 Å². The Labute approximate surface area is 143 Å². The first-order chi connectivity index (χ1) is 11.9. The summed E-state index contributed by atoms with van der Waals surface area (Å²) in [7, 11) is 0. The van der Waals surface area contributed by atoms with Crippen molar-refractivity contribution in [3.63, 3.8) is 0 Å². The van der Waals surface area contributed by atoms with Gasteiger partial charge in [-0.1, -0.05) is 30.0 Å². The van der Waals surface area contributed by atoms with Gasteiger partial charge in [0.05, 0.1) is 11.0 Å². The van der Waals surface area contributed by atoms with Gasteiger partial charge in [-0.05, 0) is 30.3 Å². The minimum Gasteiger partial charge on any atom is -0.399 e. The molecule has 25 heavy (non-hydrogen) atoms. The summed E-state index contributed by atoms with van der Waals surface area (Å²) >= 11 is 1.23. The van der Waals surface area contributed by atoms with Crippen molar-refractivity contribution in [1.82, 2.24) is 19.6 Å². The number of nitrogens with two attached hydrogens (primary N) is 1. The number of alkyl halides is 3. The van der Waals surface area contributed by atoms with E-state index in [4.69, 9.17) is 5.73 Å². The topological polar surface area (TPSA) is 69.1 Å². The molecule has 4 rings (SSSR count). The van der Waals surface area contributed by atoms with E-state index in [-0.39, 0.29) is 11.2 Å². The van der Waals surface area contributed by atoms with Gasteiger partial charge in [0.2, 0.25) is 5.82 Å². The van der Waals surface area contributed by atoms with Crippen LogP contribution in [0.3, 0.4) is 0 Å². The van der Waals surface area contributed by atoms with Crippen molar-refractivity contribution in [1.29, 1.82) is 0 Å². The molecule has 0 aliphatic carbocycles. The maximum absolute atomic E-state index is 13.4.